The summed E-state index contributed by atoms with van der Waals surface area (Å²) in [4.78, 5) is 2.38. The van der Waals surface area contributed by atoms with Crippen LogP contribution in [0, 0.1) is 0 Å². The molecular formula is C57H37NO. The molecule has 12 rings (SSSR count). The van der Waals surface area contributed by atoms with Crippen LogP contribution in [0.5, 0.6) is 0 Å². The lowest BCUT2D eigenvalue weighted by Crippen LogP contribution is -2.29. The third-order valence-corrected chi connectivity index (χ3v) is 12.5. The quantitative estimate of drug-likeness (QED) is 0.168. The van der Waals surface area contributed by atoms with E-state index in [-0.39, 0.29) is 0 Å². The molecular weight excluding hydrogens is 715 g/mol. The third kappa shape index (κ3) is 4.93. The van der Waals surface area contributed by atoms with Crippen molar-refractivity contribution in [2.75, 3.05) is 4.90 Å². The lowest BCUT2D eigenvalue weighted by molar-refractivity contribution is 0.673. The maximum Gasteiger partial charge on any atom is 0.159 e. The molecule has 0 unspecified atom stereocenters. The van der Waals surface area contributed by atoms with Crippen molar-refractivity contribution in [3.05, 3.63) is 247 Å². The average Bonchev–Trinajstić information content (AvgIpc) is 3.85. The van der Waals surface area contributed by atoms with Crippen molar-refractivity contribution < 1.29 is 4.42 Å². The van der Waals surface area contributed by atoms with E-state index in [1.54, 1.807) is 0 Å². The Bertz CT molecular complexity index is 3340. The zero-order valence-electron chi connectivity index (χ0n) is 32.2. The van der Waals surface area contributed by atoms with Gasteiger partial charge in [-0.15, -0.1) is 0 Å². The highest BCUT2D eigenvalue weighted by atomic mass is 16.3. The molecule has 2 heteroatoms. The van der Waals surface area contributed by atoms with Crippen molar-refractivity contribution in [3.8, 4) is 22.3 Å². The van der Waals surface area contributed by atoms with Crippen LogP contribution in [0.4, 0.5) is 17.1 Å². The van der Waals surface area contributed by atoms with E-state index < -0.39 is 5.41 Å². The molecule has 0 amide bonds. The first-order valence-electron chi connectivity index (χ1n) is 20.3. The van der Waals surface area contributed by atoms with Crippen LogP contribution in [-0.4, -0.2) is 0 Å². The molecule has 2 nitrogen and oxygen atoms in total. The number of benzene rings is 10. The molecule has 0 saturated heterocycles. The number of hydrogen-bond acceptors (Lipinski definition) is 2. The van der Waals surface area contributed by atoms with Crippen molar-refractivity contribution in [2.24, 2.45) is 0 Å². The van der Waals surface area contributed by atoms with E-state index in [9.17, 15) is 0 Å². The van der Waals surface area contributed by atoms with Crippen LogP contribution >= 0.6 is 0 Å². The van der Waals surface area contributed by atoms with Gasteiger partial charge in [-0.3, -0.25) is 0 Å². The predicted molar refractivity (Wildman–Crippen MR) is 246 cm³/mol. The molecule has 1 aromatic heterocycles. The summed E-state index contributed by atoms with van der Waals surface area (Å²) in [6, 6.07) is 81.7. The Morgan fingerprint density at radius 2 is 0.881 bits per heavy atom. The lowest BCUT2D eigenvalue weighted by atomic mass is 9.66. The van der Waals surface area contributed by atoms with Crippen LogP contribution in [0.25, 0.3) is 65.7 Å². The summed E-state index contributed by atoms with van der Waals surface area (Å²) < 4.78 is 6.97. The van der Waals surface area contributed by atoms with Gasteiger partial charge in [0.25, 0.3) is 0 Å². The highest BCUT2D eigenvalue weighted by Crippen LogP contribution is 2.58. The smallest absolute Gasteiger partial charge is 0.159 e. The minimum atomic E-state index is -0.500. The first kappa shape index (κ1) is 33.5. The molecule has 0 atom stereocenters. The largest absolute Gasteiger partial charge is 0.453 e. The molecule has 1 heterocycles. The van der Waals surface area contributed by atoms with Gasteiger partial charge in [0.2, 0.25) is 0 Å². The number of rotatable bonds is 6. The second-order valence-corrected chi connectivity index (χ2v) is 15.6. The van der Waals surface area contributed by atoms with E-state index in [1.807, 2.05) is 0 Å². The molecule has 0 bridgehead atoms. The Hall–Kier alpha value is -7.68. The molecule has 0 radical (unpaired) electrons. The summed E-state index contributed by atoms with van der Waals surface area (Å²) >= 11 is 0. The Morgan fingerprint density at radius 1 is 0.339 bits per heavy atom. The van der Waals surface area contributed by atoms with E-state index in [1.165, 1.54) is 60.7 Å². The Labute approximate surface area is 342 Å². The topological polar surface area (TPSA) is 16.4 Å². The second-order valence-electron chi connectivity index (χ2n) is 15.6. The van der Waals surface area contributed by atoms with Crippen LogP contribution in [0.3, 0.4) is 0 Å². The van der Waals surface area contributed by atoms with Gasteiger partial charge in [0.15, 0.2) is 5.58 Å². The van der Waals surface area contributed by atoms with Crippen LogP contribution in [0.2, 0.25) is 0 Å². The van der Waals surface area contributed by atoms with E-state index >= 15 is 0 Å². The van der Waals surface area contributed by atoms with E-state index in [0.29, 0.717) is 0 Å². The predicted octanol–water partition coefficient (Wildman–Crippen LogP) is 15.4. The average molecular weight is 752 g/mol. The monoisotopic (exact) mass is 751 g/mol. The maximum absolute atomic E-state index is 6.97. The molecule has 1 aliphatic carbocycles. The first-order chi connectivity index (χ1) is 29.3. The molecule has 276 valence electrons. The summed E-state index contributed by atoms with van der Waals surface area (Å²) in [6.07, 6.45) is 0. The summed E-state index contributed by atoms with van der Waals surface area (Å²) in [5.74, 6) is 0. The maximum atomic E-state index is 6.97. The van der Waals surface area contributed by atoms with E-state index in [2.05, 4.69) is 229 Å². The standard InChI is InChI=1S/C57H37NO/c1-3-19-41(20-4-1)57(42-21-5-2-6-22-42)51-29-12-11-25-47(51)48-27-14-26-45(54(48)57)40-32-35-43(36-33-40)58(52-30-13-18-38-16-7-9-23-44(38)52)53-31-15-28-49-50-37-34-39-17-8-10-24-46(39)55(50)59-56(49)53/h1-37H. The van der Waals surface area contributed by atoms with Gasteiger partial charge in [0, 0.05) is 27.2 Å². The summed E-state index contributed by atoms with van der Waals surface area (Å²) in [7, 11) is 0. The van der Waals surface area contributed by atoms with Crippen molar-refractivity contribution in [3.63, 3.8) is 0 Å². The van der Waals surface area contributed by atoms with E-state index in [0.717, 1.165) is 44.4 Å². The van der Waals surface area contributed by atoms with Gasteiger partial charge in [0.1, 0.15) is 5.58 Å². The number of para-hydroxylation sites is 1. The second kappa shape index (κ2) is 13.2. The fourth-order valence-corrected chi connectivity index (χ4v) is 10.0. The minimum absolute atomic E-state index is 0.500. The van der Waals surface area contributed by atoms with Crippen molar-refractivity contribution in [2.45, 2.75) is 5.41 Å². The molecule has 10 aromatic carbocycles. The number of anilines is 3. The van der Waals surface area contributed by atoms with Crippen molar-refractivity contribution in [1.82, 2.24) is 0 Å². The molecule has 11 aromatic rings. The SMILES string of the molecule is c1ccc(C2(c3ccccc3)c3ccccc3-c3cccc(-c4ccc(N(c5cccc6ccccc56)c5cccc6c5oc5c7ccccc7ccc65)cc4)c32)cc1. The van der Waals surface area contributed by atoms with Gasteiger partial charge >= 0.3 is 0 Å². The minimum Gasteiger partial charge on any atom is -0.453 e. The van der Waals surface area contributed by atoms with Gasteiger partial charge in [-0.2, -0.15) is 0 Å². The summed E-state index contributed by atoms with van der Waals surface area (Å²) in [5, 5.41) is 6.86. The van der Waals surface area contributed by atoms with E-state index in [4.69, 9.17) is 4.42 Å². The molecule has 0 fully saturated rings. The van der Waals surface area contributed by atoms with Crippen LogP contribution in [-0.2, 0) is 5.41 Å². The third-order valence-electron chi connectivity index (χ3n) is 12.5. The fraction of sp³-hybridized carbons (Fsp3) is 0.0175. The molecule has 59 heavy (non-hydrogen) atoms. The highest BCUT2D eigenvalue weighted by molar-refractivity contribution is 6.18. The van der Waals surface area contributed by atoms with Crippen molar-refractivity contribution in [1.29, 1.82) is 0 Å². The van der Waals surface area contributed by atoms with Gasteiger partial charge in [0.05, 0.1) is 16.8 Å². The lowest BCUT2D eigenvalue weighted by Gasteiger charge is -2.35. The zero-order valence-corrected chi connectivity index (χ0v) is 32.2. The zero-order chi connectivity index (χ0) is 38.9. The molecule has 0 N–H and O–H groups in total. The van der Waals surface area contributed by atoms with Gasteiger partial charge in [-0.1, -0.05) is 194 Å². The fourth-order valence-electron chi connectivity index (χ4n) is 10.0. The molecule has 0 spiro atoms. The van der Waals surface area contributed by atoms with Crippen LogP contribution < -0.4 is 4.90 Å². The molecule has 0 aliphatic heterocycles. The Morgan fingerprint density at radius 3 is 1.66 bits per heavy atom. The highest BCUT2D eigenvalue weighted by Gasteiger charge is 2.47. The number of hydrogen-bond donors (Lipinski definition) is 0. The van der Waals surface area contributed by atoms with Gasteiger partial charge in [-0.25, -0.2) is 0 Å². The molecule has 0 saturated carbocycles. The number of furan rings is 1. The first-order valence-corrected chi connectivity index (χ1v) is 20.3. The van der Waals surface area contributed by atoms with Crippen LogP contribution in [0.1, 0.15) is 22.3 Å². The van der Waals surface area contributed by atoms with Gasteiger partial charge < -0.3 is 9.32 Å². The number of nitrogens with zero attached hydrogens (tertiary/aromatic N) is 1. The molecule has 1 aliphatic rings. The van der Waals surface area contributed by atoms with Gasteiger partial charge in [-0.05, 0) is 85.6 Å². The Kier molecular flexibility index (Phi) is 7.48. The Balaban J connectivity index is 1.08. The van der Waals surface area contributed by atoms with Crippen molar-refractivity contribution >= 4 is 60.5 Å². The summed E-state index contributed by atoms with van der Waals surface area (Å²) in [6.45, 7) is 0. The van der Waals surface area contributed by atoms with Crippen LogP contribution in [0.15, 0.2) is 229 Å². The number of fused-ring (bicyclic) bond motifs is 9. The summed E-state index contributed by atoms with van der Waals surface area (Å²) in [5.41, 5.74) is 14.5. The normalized spacial score (nSPS) is 12.9.